The van der Waals surface area contributed by atoms with Crippen molar-refractivity contribution in [1.29, 1.82) is 0 Å². The van der Waals surface area contributed by atoms with Crippen LogP contribution in [0, 0.1) is 5.41 Å². The van der Waals surface area contributed by atoms with E-state index in [1.165, 1.54) is 6.08 Å². The van der Waals surface area contributed by atoms with E-state index < -0.39 is 0 Å². The Hall–Kier alpha value is -2.14. The fourth-order valence-corrected chi connectivity index (χ4v) is 4.20. The molecule has 0 bridgehead atoms. The SMILES string of the molecule is C=CC(=O)N1CCCC2(CCCN(C(=O)COCc3ccccc3)C2)C1. The first-order chi connectivity index (χ1) is 12.6. The highest BCUT2D eigenvalue weighted by Crippen LogP contribution is 2.38. The maximum Gasteiger partial charge on any atom is 0.248 e. The highest BCUT2D eigenvalue weighted by molar-refractivity contribution is 5.87. The minimum absolute atomic E-state index is 0.00119. The van der Waals surface area contributed by atoms with E-state index in [0.29, 0.717) is 6.61 Å². The number of piperidine rings is 2. The number of hydrogen-bond acceptors (Lipinski definition) is 3. The maximum absolute atomic E-state index is 12.6. The molecular formula is C21H28N2O3. The van der Waals surface area contributed by atoms with E-state index in [-0.39, 0.29) is 23.8 Å². The first-order valence-electron chi connectivity index (χ1n) is 9.43. The standard InChI is InChI=1S/C21H28N2O3/c1-2-19(24)22-12-6-10-21(16-22)11-7-13-23(17-21)20(25)15-26-14-18-8-4-3-5-9-18/h2-5,8-9H,1,6-7,10-17H2. The van der Waals surface area contributed by atoms with Crippen molar-refractivity contribution in [3.8, 4) is 0 Å². The Balaban J connectivity index is 1.53. The summed E-state index contributed by atoms with van der Waals surface area (Å²) in [5.41, 5.74) is 1.10. The first kappa shape index (κ1) is 18.6. The van der Waals surface area contributed by atoms with Crippen molar-refractivity contribution in [3.63, 3.8) is 0 Å². The van der Waals surface area contributed by atoms with E-state index in [1.54, 1.807) is 0 Å². The average molecular weight is 356 g/mol. The monoisotopic (exact) mass is 356 g/mol. The van der Waals surface area contributed by atoms with Crippen molar-refractivity contribution >= 4 is 11.8 Å². The first-order valence-corrected chi connectivity index (χ1v) is 9.43. The summed E-state index contributed by atoms with van der Waals surface area (Å²) in [7, 11) is 0. The number of benzene rings is 1. The zero-order valence-corrected chi connectivity index (χ0v) is 15.4. The second-order valence-electron chi connectivity index (χ2n) is 7.46. The van der Waals surface area contributed by atoms with E-state index in [2.05, 4.69) is 6.58 Å². The molecule has 26 heavy (non-hydrogen) atoms. The molecular weight excluding hydrogens is 328 g/mol. The van der Waals surface area contributed by atoms with Gasteiger partial charge in [0.1, 0.15) is 6.61 Å². The van der Waals surface area contributed by atoms with Gasteiger partial charge in [-0.25, -0.2) is 0 Å². The highest BCUT2D eigenvalue weighted by atomic mass is 16.5. The molecule has 2 fully saturated rings. The molecule has 140 valence electrons. The van der Waals surface area contributed by atoms with E-state index in [1.807, 2.05) is 40.1 Å². The second-order valence-corrected chi connectivity index (χ2v) is 7.46. The molecule has 5 heteroatoms. The Morgan fingerprint density at radius 2 is 1.73 bits per heavy atom. The third-order valence-corrected chi connectivity index (χ3v) is 5.50. The molecule has 2 amide bonds. The van der Waals surface area contributed by atoms with Crippen LogP contribution < -0.4 is 0 Å². The number of carbonyl (C=O) groups is 2. The van der Waals surface area contributed by atoms with Gasteiger partial charge in [-0.2, -0.15) is 0 Å². The highest BCUT2D eigenvalue weighted by Gasteiger charge is 2.41. The number of amides is 2. The molecule has 0 radical (unpaired) electrons. The third-order valence-electron chi connectivity index (χ3n) is 5.50. The van der Waals surface area contributed by atoms with Crippen LogP contribution in [0.5, 0.6) is 0 Å². The summed E-state index contributed by atoms with van der Waals surface area (Å²) in [5, 5.41) is 0. The molecule has 0 saturated carbocycles. The summed E-state index contributed by atoms with van der Waals surface area (Å²) in [4.78, 5) is 28.4. The molecule has 0 aromatic heterocycles. The largest absolute Gasteiger partial charge is 0.367 e. The van der Waals surface area contributed by atoms with Crippen molar-refractivity contribution in [2.24, 2.45) is 5.41 Å². The van der Waals surface area contributed by atoms with Crippen LogP contribution in [0.2, 0.25) is 0 Å². The van der Waals surface area contributed by atoms with Crippen molar-refractivity contribution in [1.82, 2.24) is 9.80 Å². The van der Waals surface area contributed by atoms with Crippen LogP contribution >= 0.6 is 0 Å². The van der Waals surface area contributed by atoms with Gasteiger partial charge in [-0.3, -0.25) is 9.59 Å². The van der Waals surface area contributed by atoms with Gasteiger partial charge in [0.2, 0.25) is 11.8 Å². The van der Waals surface area contributed by atoms with Gasteiger partial charge >= 0.3 is 0 Å². The summed E-state index contributed by atoms with van der Waals surface area (Å²) >= 11 is 0. The topological polar surface area (TPSA) is 49.9 Å². The van der Waals surface area contributed by atoms with Gasteiger partial charge in [0.05, 0.1) is 6.61 Å². The Bertz CT molecular complexity index is 642. The summed E-state index contributed by atoms with van der Waals surface area (Å²) in [6, 6.07) is 9.89. The Morgan fingerprint density at radius 3 is 2.42 bits per heavy atom. The fraction of sp³-hybridized carbons (Fsp3) is 0.524. The maximum atomic E-state index is 12.6. The Morgan fingerprint density at radius 1 is 1.08 bits per heavy atom. The average Bonchev–Trinajstić information content (AvgIpc) is 2.68. The molecule has 3 rings (SSSR count). The number of ether oxygens (including phenoxy) is 1. The molecule has 2 heterocycles. The quantitative estimate of drug-likeness (QED) is 0.762. The van der Waals surface area contributed by atoms with Crippen molar-refractivity contribution in [2.45, 2.75) is 32.3 Å². The summed E-state index contributed by atoms with van der Waals surface area (Å²) in [5.74, 6) is 0.0471. The van der Waals surface area contributed by atoms with Crippen LogP contribution in [0.1, 0.15) is 31.2 Å². The van der Waals surface area contributed by atoms with E-state index >= 15 is 0 Å². The predicted molar refractivity (Wildman–Crippen MR) is 100 cm³/mol. The normalized spacial score (nSPS) is 23.1. The smallest absolute Gasteiger partial charge is 0.248 e. The molecule has 1 aromatic rings. The third kappa shape index (κ3) is 4.52. The fourth-order valence-electron chi connectivity index (χ4n) is 4.20. The number of carbonyl (C=O) groups excluding carboxylic acids is 2. The van der Waals surface area contributed by atoms with Crippen molar-refractivity contribution < 1.29 is 14.3 Å². The van der Waals surface area contributed by atoms with Crippen molar-refractivity contribution in [2.75, 3.05) is 32.8 Å². The molecule has 1 unspecified atom stereocenters. The number of nitrogens with zero attached hydrogens (tertiary/aromatic N) is 2. The lowest BCUT2D eigenvalue weighted by atomic mass is 9.73. The minimum Gasteiger partial charge on any atom is -0.367 e. The molecule has 5 nitrogen and oxygen atoms in total. The summed E-state index contributed by atoms with van der Waals surface area (Å²) < 4.78 is 5.62. The van der Waals surface area contributed by atoms with Crippen LogP contribution in [0.25, 0.3) is 0 Å². The molecule has 2 aliphatic heterocycles. The van der Waals surface area contributed by atoms with Crippen LogP contribution in [0.4, 0.5) is 0 Å². The van der Waals surface area contributed by atoms with Crippen molar-refractivity contribution in [3.05, 3.63) is 48.6 Å². The van der Waals surface area contributed by atoms with Gasteiger partial charge in [0, 0.05) is 31.6 Å². The van der Waals surface area contributed by atoms with Crippen LogP contribution in [0.15, 0.2) is 43.0 Å². The lowest BCUT2D eigenvalue weighted by Gasteiger charge is -2.48. The summed E-state index contributed by atoms with van der Waals surface area (Å²) in [6.07, 6.45) is 5.51. The lowest BCUT2D eigenvalue weighted by molar-refractivity contribution is -0.142. The Labute approximate surface area is 155 Å². The number of likely N-dealkylation sites (tertiary alicyclic amines) is 2. The molecule has 0 aliphatic carbocycles. The predicted octanol–water partition coefficient (Wildman–Crippen LogP) is 2.62. The molecule has 0 N–H and O–H groups in total. The van der Waals surface area contributed by atoms with E-state index in [0.717, 1.165) is 57.4 Å². The molecule has 2 aliphatic rings. The van der Waals surface area contributed by atoms with Gasteiger partial charge < -0.3 is 14.5 Å². The molecule has 1 aromatic carbocycles. The zero-order chi connectivity index (χ0) is 18.4. The zero-order valence-electron chi connectivity index (χ0n) is 15.4. The molecule has 2 saturated heterocycles. The lowest BCUT2D eigenvalue weighted by Crippen LogP contribution is -2.55. The van der Waals surface area contributed by atoms with Crippen LogP contribution in [-0.2, 0) is 20.9 Å². The summed E-state index contributed by atoms with van der Waals surface area (Å²) in [6.45, 7) is 7.19. The Kier molecular flexibility index (Phi) is 6.09. The van der Waals surface area contributed by atoms with E-state index in [4.69, 9.17) is 4.74 Å². The van der Waals surface area contributed by atoms with Gasteiger partial charge in [-0.15, -0.1) is 0 Å². The van der Waals surface area contributed by atoms with Gasteiger partial charge in [0.25, 0.3) is 0 Å². The second kappa shape index (κ2) is 8.49. The number of hydrogen-bond donors (Lipinski definition) is 0. The van der Waals surface area contributed by atoms with Crippen LogP contribution in [0.3, 0.4) is 0 Å². The van der Waals surface area contributed by atoms with Crippen LogP contribution in [-0.4, -0.2) is 54.4 Å². The molecule has 1 spiro atoms. The van der Waals surface area contributed by atoms with Gasteiger partial charge in [0.15, 0.2) is 0 Å². The van der Waals surface area contributed by atoms with Gasteiger partial charge in [-0.05, 0) is 37.3 Å². The van der Waals surface area contributed by atoms with E-state index in [9.17, 15) is 9.59 Å². The number of rotatable bonds is 5. The van der Waals surface area contributed by atoms with Gasteiger partial charge in [-0.1, -0.05) is 36.9 Å². The molecule has 1 atom stereocenters. The minimum atomic E-state index is -0.00119.